The second-order valence-electron chi connectivity index (χ2n) is 3.09. The molecule has 0 atom stereocenters. The average Bonchev–Trinajstić information content (AvgIpc) is 2.02. The molecule has 3 nitrogen and oxygen atoms in total. The van der Waals surface area contributed by atoms with Gasteiger partial charge in [0.1, 0.15) is 17.5 Å². The van der Waals surface area contributed by atoms with Gasteiger partial charge in [-0.15, -0.1) is 0 Å². The van der Waals surface area contributed by atoms with Gasteiger partial charge in [-0.05, 0) is 12.8 Å². The summed E-state index contributed by atoms with van der Waals surface area (Å²) in [7, 11) is 0. The number of aryl methyl sites for hydroxylation is 1. The molecule has 0 saturated heterocycles. The third kappa shape index (κ3) is 1.96. The standard InChI is InChI=1S/C9H10ClN3/c1-5(2)8-7(4-11)9(10)13-6(3)12-8/h5H,1-3H3. The highest BCUT2D eigenvalue weighted by Gasteiger charge is 2.13. The van der Waals surface area contributed by atoms with Crippen LogP contribution in [-0.2, 0) is 0 Å². The molecule has 68 valence electrons. The van der Waals surface area contributed by atoms with Crippen molar-refractivity contribution in [2.75, 3.05) is 0 Å². The molecule has 0 aromatic carbocycles. The first-order chi connectivity index (χ1) is 6.06. The molecule has 0 bridgehead atoms. The summed E-state index contributed by atoms with van der Waals surface area (Å²) >= 11 is 5.81. The number of nitrogens with zero attached hydrogens (tertiary/aromatic N) is 3. The van der Waals surface area contributed by atoms with Crippen LogP contribution in [0.5, 0.6) is 0 Å². The molecule has 0 aliphatic carbocycles. The first-order valence-electron chi connectivity index (χ1n) is 4.00. The van der Waals surface area contributed by atoms with Crippen molar-refractivity contribution in [3.8, 4) is 6.07 Å². The number of rotatable bonds is 1. The normalized spacial score (nSPS) is 10.2. The van der Waals surface area contributed by atoms with Crippen LogP contribution < -0.4 is 0 Å². The van der Waals surface area contributed by atoms with Crippen LogP contribution in [0, 0.1) is 18.3 Å². The first-order valence-corrected chi connectivity index (χ1v) is 4.38. The predicted octanol–water partition coefficient (Wildman–Crippen LogP) is 2.43. The summed E-state index contributed by atoms with van der Waals surface area (Å²) in [5, 5.41) is 9.07. The number of halogens is 1. The molecule has 0 unspecified atom stereocenters. The second kappa shape index (κ2) is 3.71. The van der Waals surface area contributed by atoms with Crippen molar-refractivity contribution in [3.05, 3.63) is 22.2 Å². The summed E-state index contributed by atoms with van der Waals surface area (Å²) in [6.07, 6.45) is 0. The van der Waals surface area contributed by atoms with Crippen LogP contribution in [0.15, 0.2) is 0 Å². The zero-order valence-corrected chi connectivity index (χ0v) is 8.55. The molecular formula is C9H10ClN3. The molecule has 1 aromatic rings. The molecule has 13 heavy (non-hydrogen) atoms. The van der Waals surface area contributed by atoms with E-state index in [-0.39, 0.29) is 11.1 Å². The Kier molecular flexibility index (Phi) is 2.84. The largest absolute Gasteiger partial charge is 0.236 e. The van der Waals surface area contributed by atoms with Crippen LogP contribution in [-0.4, -0.2) is 9.97 Å². The minimum Gasteiger partial charge on any atom is -0.236 e. The quantitative estimate of drug-likeness (QED) is 0.647. The van der Waals surface area contributed by atoms with Crippen molar-refractivity contribution in [2.24, 2.45) is 0 Å². The molecule has 0 aliphatic rings. The topological polar surface area (TPSA) is 49.6 Å². The van der Waals surface area contributed by atoms with E-state index >= 15 is 0 Å². The summed E-state index contributed by atoms with van der Waals surface area (Å²) < 4.78 is 0. The maximum atomic E-state index is 8.82. The lowest BCUT2D eigenvalue weighted by atomic mass is 10.1. The second-order valence-corrected chi connectivity index (χ2v) is 3.45. The molecule has 1 rings (SSSR count). The third-order valence-electron chi connectivity index (χ3n) is 1.66. The van der Waals surface area contributed by atoms with Crippen LogP contribution in [0.3, 0.4) is 0 Å². The molecule has 0 radical (unpaired) electrons. The van der Waals surface area contributed by atoms with Gasteiger partial charge in [-0.25, -0.2) is 9.97 Å². The van der Waals surface area contributed by atoms with Gasteiger partial charge < -0.3 is 0 Å². The van der Waals surface area contributed by atoms with E-state index in [1.54, 1.807) is 6.92 Å². The lowest BCUT2D eigenvalue weighted by Gasteiger charge is -2.07. The number of hydrogen-bond acceptors (Lipinski definition) is 3. The number of aromatic nitrogens is 2. The van der Waals surface area contributed by atoms with Crippen molar-refractivity contribution in [1.82, 2.24) is 9.97 Å². The predicted molar refractivity (Wildman–Crippen MR) is 50.6 cm³/mol. The Bertz CT molecular complexity index is 366. The lowest BCUT2D eigenvalue weighted by molar-refractivity contribution is 0.796. The van der Waals surface area contributed by atoms with E-state index in [4.69, 9.17) is 16.9 Å². The maximum absolute atomic E-state index is 8.82. The summed E-state index contributed by atoms with van der Waals surface area (Å²) in [6.45, 7) is 5.71. The molecule has 0 fully saturated rings. The molecule has 0 amide bonds. The van der Waals surface area contributed by atoms with Crippen LogP contribution in [0.4, 0.5) is 0 Å². The molecule has 0 saturated carbocycles. The Labute approximate surface area is 82.4 Å². The van der Waals surface area contributed by atoms with E-state index in [1.165, 1.54) is 0 Å². The zero-order valence-electron chi connectivity index (χ0n) is 7.80. The first kappa shape index (κ1) is 9.94. The summed E-state index contributed by atoms with van der Waals surface area (Å²) in [4.78, 5) is 8.11. The molecule has 4 heteroatoms. The van der Waals surface area contributed by atoms with Gasteiger partial charge in [0.25, 0.3) is 0 Å². The highest BCUT2D eigenvalue weighted by molar-refractivity contribution is 6.30. The molecule has 0 aliphatic heterocycles. The van der Waals surface area contributed by atoms with Crippen molar-refractivity contribution < 1.29 is 0 Å². The van der Waals surface area contributed by atoms with Gasteiger partial charge in [-0.3, -0.25) is 0 Å². The van der Waals surface area contributed by atoms with E-state index in [0.717, 1.165) is 5.69 Å². The fraction of sp³-hybridized carbons (Fsp3) is 0.444. The van der Waals surface area contributed by atoms with Crippen molar-refractivity contribution in [1.29, 1.82) is 5.26 Å². The highest BCUT2D eigenvalue weighted by Crippen LogP contribution is 2.21. The van der Waals surface area contributed by atoms with Crippen LogP contribution in [0.1, 0.15) is 36.8 Å². The van der Waals surface area contributed by atoms with Gasteiger partial charge in [0, 0.05) is 0 Å². The molecule has 1 aromatic heterocycles. The van der Waals surface area contributed by atoms with Crippen LogP contribution in [0.2, 0.25) is 5.15 Å². The molecular weight excluding hydrogens is 186 g/mol. The monoisotopic (exact) mass is 195 g/mol. The van der Waals surface area contributed by atoms with E-state index in [0.29, 0.717) is 11.4 Å². The van der Waals surface area contributed by atoms with E-state index in [9.17, 15) is 0 Å². The maximum Gasteiger partial charge on any atom is 0.150 e. The van der Waals surface area contributed by atoms with Gasteiger partial charge in [0.05, 0.1) is 5.69 Å². The zero-order chi connectivity index (χ0) is 10.0. The third-order valence-corrected chi connectivity index (χ3v) is 1.94. The summed E-state index contributed by atoms with van der Waals surface area (Å²) in [5.74, 6) is 0.793. The lowest BCUT2D eigenvalue weighted by Crippen LogP contribution is -2.02. The van der Waals surface area contributed by atoms with E-state index in [1.807, 2.05) is 19.9 Å². The van der Waals surface area contributed by atoms with Gasteiger partial charge in [-0.1, -0.05) is 25.4 Å². The summed E-state index contributed by atoms with van der Waals surface area (Å²) in [6, 6.07) is 2.02. The Hall–Kier alpha value is -1.14. The summed E-state index contributed by atoms with van der Waals surface area (Å²) in [5.41, 5.74) is 1.11. The number of hydrogen-bond donors (Lipinski definition) is 0. The van der Waals surface area contributed by atoms with E-state index < -0.39 is 0 Å². The Balaban J connectivity index is 3.41. The highest BCUT2D eigenvalue weighted by atomic mass is 35.5. The van der Waals surface area contributed by atoms with Gasteiger partial charge in [0.15, 0.2) is 5.15 Å². The van der Waals surface area contributed by atoms with E-state index in [2.05, 4.69) is 9.97 Å². The smallest absolute Gasteiger partial charge is 0.150 e. The average molecular weight is 196 g/mol. The Morgan fingerprint density at radius 1 is 1.38 bits per heavy atom. The fourth-order valence-corrected chi connectivity index (χ4v) is 1.34. The minimum atomic E-state index is 0.189. The fourth-order valence-electron chi connectivity index (χ4n) is 1.08. The van der Waals surface area contributed by atoms with Crippen molar-refractivity contribution in [2.45, 2.75) is 26.7 Å². The van der Waals surface area contributed by atoms with Crippen molar-refractivity contribution in [3.63, 3.8) is 0 Å². The number of nitriles is 1. The Morgan fingerprint density at radius 3 is 2.46 bits per heavy atom. The van der Waals surface area contributed by atoms with Crippen LogP contribution >= 0.6 is 11.6 Å². The molecule has 0 spiro atoms. The SMILES string of the molecule is Cc1nc(Cl)c(C#N)c(C(C)C)n1. The minimum absolute atomic E-state index is 0.189. The van der Waals surface area contributed by atoms with Gasteiger partial charge >= 0.3 is 0 Å². The Morgan fingerprint density at radius 2 is 2.00 bits per heavy atom. The van der Waals surface area contributed by atoms with Gasteiger partial charge in [-0.2, -0.15) is 5.26 Å². The van der Waals surface area contributed by atoms with Gasteiger partial charge in [0.2, 0.25) is 0 Å². The molecule has 1 heterocycles. The van der Waals surface area contributed by atoms with Crippen molar-refractivity contribution >= 4 is 11.6 Å². The molecule has 0 N–H and O–H groups in total. The van der Waals surface area contributed by atoms with Crippen LogP contribution in [0.25, 0.3) is 0 Å².